The fourth-order valence-corrected chi connectivity index (χ4v) is 1.98. The second kappa shape index (κ2) is 4.37. The van der Waals surface area contributed by atoms with Crippen LogP contribution in [0.25, 0.3) is 5.65 Å². The minimum atomic E-state index is -4.44. The van der Waals surface area contributed by atoms with Crippen molar-refractivity contribution in [2.45, 2.75) is 19.5 Å². The summed E-state index contributed by atoms with van der Waals surface area (Å²) in [5.74, 6) is -1.28. The highest BCUT2D eigenvalue weighted by molar-refractivity contribution is 6.30. The first kappa shape index (κ1) is 13.6. The molecule has 0 fully saturated rings. The fourth-order valence-electron chi connectivity index (χ4n) is 1.65. The molecule has 0 amide bonds. The molecule has 0 spiro atoms. The zero-order valence-electron chi connectivity index (χ0n) is 9.49. The van der Waals surface area contributed by atoms with E-state index in [1.165, 1.54) is 6.92 Å². The van der Waals surface area contributed by atoms with Crippen molar-refractivity contribution >= 4 is 23.2 Å². The molecule has 0 radical (unpaired) electrons. The number of carbonyl (C=O) groups is 1. The summed E-state index contributed by atoms with van der Waals surface area (Å²) in [5, 5.41) is 12.3. The van der Waals surface area contributed by atoms with Crippen molar-refractivity contribution in [2.24, 2.45) is 0 Å². The van der Waals surface area contributed by atoms with E-state index < -0.39 is 18.6 Å². The van der Waals surface area contributed by atoms with E-state index in [4.69, 9.17) is 16.7 Å². The summed E-state index contributed by atoms with van der Waals surface area (Å²) in [7, 11) is 0. The maximum absolute atomic E-state index is 12.4. The van der Waals surface area contributed by atoms with Crippen LogP contribution in [0.2, 0.25) is 5.15 Å². The van der Waals surface area contributed by atoms with E-state index in [9.17, 15) is 18.0 Å². The van der Waals surface area contributed by atoms with Gasteiger partial charge in [-0.1, -0.05) is 11.6 Å². The second-order valence-corrected chi connectivity index (χ2v) is 4.22. The van der Waals surface area contributed by atoms with Gasteiger partial charge in [0.1, 0.15) is 10.7 Å². The molecule has 0 aromatic carbocycles. The van der Waals surface area contributed by atoms with Crippen LogP contribution < -0.4 is 0 Å². The minimum absolute atomic E-state index is 0.0258. The van der Waals surface area contributed by atoms with Crippen LogP contribution in [-0.2, 0) is 6.42 Å². The number of nitrogens with zero attached hydrogens (tertiary/aromatic N) is 3. The Morgan fingerprint density at radius 1 is 1.53 bits per heavy atom. The van der Waals surface area contributed by atoms with E-state index in [0.29, 0.717) is 0 Å². The summed E-state index contributed by atoms with van der Waals surface area (Å²) in [6, 6.07) is 0. The Hall–Kier alpha value is -1.83. The predicted molar refractivity (Wildman–Crippen MR) is 59.5 cm³/mol. The lowest BCUT2D eigenvalue weighted by Crippen LogP contribution is -2.15. The van der Waals surface area contributed by atoms with Gasteiger partial charge in [0.05, 0.1) is 12.6 Å². The molecule has 5 nitrogen and oxygen atoms in total. The van der Waals surface area contributed by atoms with Crippen LogP contribution in [-0.4, -0.2) is 31.9 Å². The quantitative estimate of drug-likeness (QED) is 0.864. The number of hydrogen-bond acceptors (Lipinski definition) is 3. The van der Waals surface area contributed by atoms with Gasteiger partial charge in [-0.25, -0.2) is 14.3 Å². The van der Waals surface area contributed by atoms with Crippen molar-refractivity contribution in [1.82, 2.24) is 14.6 Å². The maximum atomic E-state index is 12.4. The molecule has 0 atom stereocenters. The lowest BCUT2D eigenvalue weighted by Gasteiger charge is -2.11. The van der Waals surface area contributed by atoms with Crippen LogP contribution in [0, 0.1) is 6.92 Å². The highest BCUT2D eigenvalue weighted by Gasteiger charge is 2.31. The summed E-state index contributed by atoms with van der Waals surface area (Å²) < 4.78 is 38.2. The average Bonchev–Trinajstić information content (AvgIpc) is 2.66. The van der Waals surface area contributed by atoms with Crippen LogP contribution in [0.5, 0.6) is 0 Å². The second-order valence-electron chi connectivity index (χ2n) is 3.86. The molecule has 0 saturated carbocycles. The van der Waals surface area contributed by atoms with Crippen LogP contribution in [0.4, 0.5) is 13.2 Å². The van der Waals surface area contributed by atoms with Gasteiger partial charge in [-0.15, -0.1) is 0 Å². The molecule has 2 heterocycles. The van der Waals surface area contributed by atoms with E-state index in [0.717, 1.165) is 10.7 Å². The van der Waals surface area contributed by atoms with Crippen molar-refractivity contribution in [3.05, 3.63) is 28.2 Å². The summed E-state index contributed by atoms with van der Waals surface area (Å²) in [5.41, 5.74) is -0.496. The fraction of sp³-hybridized carbons (Fsp3) is 0.300. The Kier molecular flexibility index (Phi) is 3.13. The first-order valence-corrected chi connectivity index (χ1v) is 5.41. The molecule has 2 aromatic heterocycles. The van der Waals surface area contributed by atoms with E-state index in [1.54, 1.807) is 0 Å². The number of aryl methyl sites for hydroxylation is 1. The molecule has 2 aromatic rings. The van der Waals surface area contributed by atoms with Crippen LogP contribution in [0.1, 0.15) is 21.6 Å². The third-order valence-corrected chi connectivity index (χ3v) is 2.89. The van der Waals surface area contributed by atoms with Gasteiger partial charge in [0.2, 0.25) is 0 Å². The van der Waals surface area contributed by atoms with Crippen LogP contribution in [0.15, 0.2) is 6.20 Å². The molecular weight excluding hydrogens is 287 g/mol. The van der Waals surface area contributed by atoms with E-state index in [1.807, 2.05) is 0 Å². The normalized spacial score (nSPS) is 12.1. The maximum Gasteiger partial charge on any atom is 0.393 e. The molecule has 0 saturated heterocycles. The van der Waals surface area contributed by atoms with Gasteiger partial charge in [0.15, 0.2) is 5.65 Å². The zero-order chi connectivity index (χ0) is 14.4. The third kappa shape index (κ3) is 2.48. The summed E-state index contributed by atoms with van der Waals surface area (Å²) in [6.45, 7) is 1.34. The molecule has 0 aliphatic carbocycles. The molecule has 0 bridgehead atoms. The number of rotatable bonds is 2. The third-order valence-electron chi connectivity index (χ3n) is 2.50. The van der Waals surface area contributed by atoms with E-state index in [2.05, 4.69) is 10.1 Å². The molecule has 0 aliphatic heterocycles. The van der Waals surface area contributed by atoms with Crippen LogP contribution in [0.3, 0.4) is 0 Å². The number of aromatic nitrogens is 3. The highest BCUT2D eigenvalue weighted by atomic mass is 35.5. The number of carboxylic acids is 1. The predicted octanol–water partition coefficient (Wildman–Crippen LogP) is 2.49. The minimum Gasteiger partial charge on any atom is -0.477 e. The Morgan fingerprint density at radius 3 is 2.68 bits per heavy atom. The van der Waals surface area contributed by atoms with Gasteiger partial charge < -0.3 is 5.11 Å². The van der Waals surface area contributed by atoms with Gasteiger partial charge in [-0.3, -0.25) is 0 Å². The Labute approximate surface area is 109 Å². The molecular formula is C10H7ClF3N3O2. The van der Waals surface area contributed by atoms with E-state index in [-0.39, 0.29) is 27.6 Å². The molecule has 0 unspecified atom stereocenters. The first-order chi connectivity index (χ1) is 8.70. The SMILES string of the molecule is Cc1nc2c(C(=O)O)cnn2c(Cl)c1CC(F)(F)F. The van der Waals surface area contributed by atoms with Gasteiger partial charge in [0, 0.05) is 11.3 Å². The lowest BCUT2D eigenvalue weighted by atomic mass is 10.1. The highest BCUT2D eigenvalue weighted by Crippen LogP contribution is 2.28. The lowest BCUT2D eigenvalue weighted by molar-refractivity contribution is -0.127. The van der Waals surface area contributed by atoms with Crippen molar-refractivity contribution in [2.75, 3.05) is 0 Å². The average molecular weight is 294 g/mol. The number of alkyl halides is 3. The number of halogens is 4. The van der Waals surface area contributed by atoms with Crippen molar-refractivity contribution in [3.8, 4) is 0 Å². The molecule has 9 heteroatoms. The number of aromatic carboxylic acids is 1. The van der Waals surface area contributed by atoms with E-state index >= 15 is 0 Å². The first-order valence-electron chi connectivity index (χ1n) is 5.03. The number of hydrogen-bond donors (Lipinski definition) is 1. The molecule has 19 heavy (non-hydrogen) atoms. The zero-order valence-corrected chi connectivity index (χ0v) is 10.2. The monoisotopic (exact) mass is 293 g/mol. The summed E-state index contributed by atoms with van der Waals surface area (Å²) in [4.78, 5) is 14.7. The standard InChI is InChI=1S/C10H7ClF3N3O2/c1-4-5(2-10(12,13)14)7(11)17-8(16-4)6(3-15-17)9(18)19/h3H,2H2,1H3,(H,18,19). The molecule has 0 aliphatic rings. The van der Waals surface area contributed by atoms with Crippen molar-refractivity contribution in [3.63, 3.8) is 0 Å². The van der Waals surface area contributed by atoms with Gasteiger partial charge in [0.25, 0.3) is 0 Å². The van der Waals surface area contributed by atoms with Crippen LogP contribution >= 0.6 is 11.6 Å². The molecule has 102 valence electrons. The number of carboxylic acid groups (broad SMARTS) is 1. The number of fused-ring (bicyclic) bond motifs is 1. The Balaban J connectivity index is 2.67. The summed E-state index contributed by atoms with van der Waals surface area (Å²) >= 11 is 5.84. The smallest absolute Gasteiger partial charge is 0.393 e. The topological polar surface area (TPSA) is 67.5 Å². The Bertz CT molecular complexity index is 666. The van der Waals surface area contributed by atoms with Gasteiger partial charge in [-0.05, 0) is 6.92 Å². The van der Waals surface area contributed by atoms with Gasteiger partial charge in [-0.2, -0.15) is 18.3 Å². The molecule has 1 N–H and O–H groups in total. The summed E-state index contributed by atoms with van der Waals surface area (Å²) in [6.07, 6.45) is -4.69. The largest absolute Gasteiger partial charge is 0.477 e. The van der Waals surface area contributed by atoms with Crippen molar-refractivity contribution < 1.29 is 23.1 Å². The molecule has 2 rings (SSSR count). The Morgan fingerprint density at radius 2 is 2.16 bits per heavy atom. The van der Waals surface area contributed by atoms with Gasteiger partial charge >= 0.3 is 12.1 Å². The van der Waals surface area contributed by atoms with Crippen molar-refractivity contribution in [1.29, 1.82) is 0 Å².